The molecule has 0 amide bonds. The highest BCUT2D eigenvalue weighted by Gasteiger charge is 2.28. The van der Waals surface area contributed by atoms with Crippen LogP contribution >= 0.6 is 0 Å². The second-order valence-corrected chi connectivity index (χ2v) is 4.04. The van der Waals surface area contributed by atoms with Gasteiger partial charge in [-0.25, -0.2) is 9.79 Å². The highest BCUT2D eigenvalue weighted by molar-refractivity contribution is 5.96. The topological polar surface area (TPSA) is 51.8 Å². The van der Waals surface area contributed by atoms with Crippen LogP contribution in [0, 0.1) is 0 Å². The monoisotopic (exact) mass is 229 g/mol. The van der Waals surface area contributed by atoms with Gasteiger partial charge in [0.15, 0.2) is 11.9 Å². The van der Waals surface area contributed by atoms with E-state index in [9.17, 15) is 4.79 Å². The van der Waals surface area contributed by atoms with Crippen LogP contribution in [0.5, 0.6) is 0 Å². The summed E-state index contributed by atoms with van der Waals surface area (Å²) in [5.41, 5.74) is 0.828. The van der Waals surface area contributed by atoms with Crippen LogP contribution < -0.4 is 0 Å². The molecule has 0 spiro atoms. The van der Waals surface area contributed by atoms with Crippen molar-refractivity contribution >= 4 is 22.8 Å². The van der Waals surface area contributed by atoms with E-state index in [0.717, 1.165) is 16.7 Å². The lowest BCUT2D eigenvalue weighted by Crippen LogP contribution is -2.17. The molecule has 0 radical (unpaired) electrons. The molecule has 2 aromatic rings. The van der Waals surface area contributed by atoms with Crippen molar-refractivity contribution in [3.8, 4) is 0 Å². The Morgan fingerprint density at radius 3 is 2.88 bits per heavy atom. The van der Waals surface area contributed by atoms with Crippen LogP contribution in [0.25, 0.3) is 11.0 Å². The molecule has 4 heteroatoms. The Labute approximate surface area is 97.9 Å². The zero-order valence-corrected chi connectivity index (χ0v) is 9.34. The number of ether oxygens (including phenoxy) is 1. The average molecular weight is 229 g/mol. The molecule has 0 bridgehead atoms. The molecule has 0 saturated carbocycles. The third kappa shape index (κ3) is 1.82. The van der Waals surface area contributed by atoms with Gasteiger partial charge in [-0.2, -0.15) is 0 Å². The molecular weight excluding hydrogens is 218 g/mol. The molecule has 0 saturated heterocycles. The molecule has 3 rings (SSSR count). The van der Waals surface area contributed by atoms with E-state index >= 15 is 0 Å². The Morgan fingerprint density at radius 1 is 1.35 bits per heavy atom. The van der Waals surface area contributed by atoms with Gasteiger partial charge in [0.1, 0.15) is 11.3 Å². The lowest BCUT2D eigenvalue weighted by molar-refractivity contribution is -0.135. The molecular formula is C13H11NO3. The average Bonchev–Trinajstić information content (AvgIpc) is 2.82. The maximum absolute atomic E-state index is 11.4. The number of nitrogens with zero attached hydrogens (tertiary/aromatic N) is 1. The summed E-state index contributed by atoms with van der Waals surface area (Å²) >= 11 is 0. The van der Waals surface area contributed by atoms with Gasteiger partial charge in [-0.1, -0.05) is 18.2 Å². The Kier molecular flexibility index (Phi) is 2.21. The quantitative estimate of drug-likeness (QED) is 0.742. The minimum atomic E-state index is -0.462. The summed E-state index contributed by atoms with van der Waals surface area (Å²) in [7, 11) is 0. The summed E-state index contributed by atoms with van der Waals surface area (Å²) in [5, 5.41) is 1.04. The summed E-state index contributed by atoms with van der Waals surface area (Å²) in [4.78, 5) is 15.5. The van der Waals surface area contributed by atoms with E-state index in [1.54, 1.807) is 6.92 Å². The molecule has 86 valence electrons. The van der Waals surface area contributed by atoms with Gasteiger partial charge >= 0.3 is 5.97 Å². The number of carbonyl (C=O) groups excluding carboxylic acids is 1. The first-order valence-corrected chi connectivity index (χ1v) is 5.46. The van der Waals surface area contributed by atoms with Crippen LogP contribution in [-0.2, 0) is 16.0 Å². The van der Waals surface area contributed by atoms with Crippen molar-refractivity contribution in [2.45, 2.75) is 19.4 Å². The number of carbonyl (C=O) groups is 1. The molecule has 1 aromatic carbocycles. The summed E-state index contributed by atoms with van der Waals surface area (Å²) in [6, 6.07) is 9.22. The number of para-hydroxylation sites is 1. The van der Waals surface area contributed by atoms with Crippen molar-refractivity contribution < 1.29 is 13.9 Å². The number of esters is 1. The van der Waals surface area contributed by atoms with Gasteiger partial charge < -0.3 is 9.15 Å². The number of benzene rings is 1. The summed E-state index contributed by atoms with van der Waals surface area (Å²) in [5.74, 6) is 0.880. The maximum Gasteiger partial charge on any atom is 0.337 e. The Hall–Kier alpha value is -2.10. The molecule has 0 N–H and O–H groups in total. The number of hydrogen-bond acceptors (Lipinski definition) is 4. The summed E-state index contributed by atoms with van der Waals surface area (Å²) in [6.07, 6.45) is 0.449. The van der Waals surface area contributed by atoms with E-state index in [-0.39, 0.29) is 5.97 Å². The molecule has 17 heavy (non-hydrogen) atoms. The zero-order chi connectivity index (χ0) is 11.8. The molecule has 1 aliphatic heterocycles. The predicted octanol–water partition coefficient (Wildman–Crippen LogP) is 2.32. The number of hydrogen-bond donors (Lipinski definition) is 0. The molecule has 0 unspecified atom stereocenters. The van der Waals surface area contributed by atoms with Crippen LogP contribution in [0.3, 0.4) is 0 Å². The van der Waals surface area contributed by atoms with Crippen molar-refractivity contribution in [2.75, 3.05) is 0 Å². The first-order chi connectivity index (χ1) is 8.22. The smallest absolute Gasteiger partial charge is 0.337 e. The van der Waals surface area contributed by atoms with Crippen LogP contribution in [0.1, 0.15) is 12.7 Å². The van der Waals surface area contributed by atoms with Gasteiger partial charge in [-0.15, -0.1) is 0 Å². The van der Waals surface area contributed by atoms with Crippen LogP contribution in [0.15, 0.2) is 39.7 Å². The standard InChI is InChI=1S/C13H11NO3/c1-8-14-11(13(15)16-8)7-10-6-9-4-2-3-5-12(9)17-10/h2-6,11H,7H2,1H3/t11-/m0/s1. The van der Waals surface area contributed by atoms with Gasteiger partial charge in [-0.05, 0) is 12.1 Å². The fraction of sp³-hybridized carbons (Fsp3) is 0.231. The fourth-order valence-corrected chi connectivity index (χ4v) is 1.97. The maximum atomic E-state index is 11.4. The number of fused-ring (bicyclic) bond motifs is 1. The van der Waals surface area contributed by atoms with E-state index in [0.29, 0.717) is 12.3 Å². The molecule has 1 atom stereocenters. The molecule has 2 heterocycles. The third-order valence-corrected chi connectivity index (χ3v) is 2.73. The first kappa shape index (κ1) is 10.1. The summed E-state index contributed by atoms with van der Waals surface area (Å²) in [6.45, 7) is 1.68. The second kappa shape index (κ2) is 3.73. The van der Waals surface area contributed by atoms with Crippen LogP contribution in [0.4, 0.5) is 0 Å². The minimum absolute atomic E-state index is 0.303. The second-order valence-electron chi connectivity index (χ2n) is 4.04. The highest BCUT2D eigenvalue weighted by atomic mass is 16.6. The van der Waals surface area contributed by atoms with Crippen molar-refractivity contribution in [2.24, 2.45) is 4.99 Å². The lowest BCUT2D eigenvalue weighted by Gasteiger charge is -1.99. The number of aliphatic imine (C=N–C) groups is 1. The molecule has 4 nitrogen and oxygen atoms in total. The summed E-state index contributed by atoms with van der Waals surface area (Å²) < 4.78 is 10.5. The molecule has 1 aliphatic rings. The van der Waals surface area contributed by atoms with Crippen LogP contribution in [-0.4, -0.2) is 17.9 Å². The predicted molar refractivity (Wildman–Crippen MR) is 62.9 cm³/mol. The van der Waals surface area contributed by atoms with Gasteiger partial charge in [0.2, 0.25) is 0 Å². The van der Waals surface area contributed by atoms with E-state index in [4.69, 9.17) is 9.15 Å². The van der Waals surface area contributed by atoms with E-state index in [1.165, 1.54) is 0 Å². The molecule has 0 fully saturated rings. The van der Waals surface area contributed by atoms with Crippen molar-refractivity contribution in [1.29, 1.82) is 0 Å². The van der Waals surface area contributed by atoms with Crippen molar-refractivity contribution in [3.63, 3.8) is 0 Å². The lowest BCUT2D eigenvalue weighted by atomic mass is 10.1. The number of furan rings is 1. The van der Waals surface area contributed by atoms with Gasteiger partial charge in [-0.3, -0.25) is 0 Å². The van der Waals surface area contributed by atoms with Gasteiger partial charge in [0.25, 0.3) is 0 Å². The van der Waals surface area contributed by atoms with Crippen molar-refractivity contribution in [1.82, 2.24) is 0 Å². The minimum Gasteiger partial charge on any atom is -0.461 e. The number of rotatable bonds is 2. The fourth-order valence-electron chi connectivity index (χ4n) is 1.97. The Balaban J connectivity index is 1.88. The van der Waals surface area contributed by atoms with Gasteiger partial charge in [0, 0.05) is 18.7 Å². The SMILES string of the molecule is CC1=N[C@@H](Cc2cc3ccccc3o2)C(=O)O1. The van der Waals surface area contributed by atoms with E-state index in [1.807, 2.05) is 30.3 Å². The Morgan fingerprint density at radius 2 is 2.18 bits per heavy atom. The highest BCUT2D eigenvalue weighted by Crippen LogP contribution is 2.21. The van der Waals surface area contributed by atoms with E-state index < -0.39 is 6.04 Å². The Bertz CT molecular complexity index is 579. The largest absolute Gasteiger partial charge is 0.461 e. The third-order valence-electron chi connectivity index (χ3n) is 2.73. The molecule has 1 aromatic heterocycles. The number of cyclic esters (lactones) is 1. The zero-order valence-electron chi connectivity index (χ0n) is 9.34. The van der Waals surface area contributed by atoms with Gasteiger partial charge in [0.05, 0.1) is 0 Å². The van der Waals surface area contributed by atoms with Crippen LogP contribution in [0.2, 0.25) is 0 Å². The molecule has 0 aliphatic carbocycles. The first-order valence-electron chi connectivity index (χ1n) is 5.46. The van der Waals surface area contributed by atoms with E-state index in [2.05, 4.69) is 4.99 Å². The van der Waals surface area contributed by atoms with Crippen molar-refractivity contribution in [3.05, 3.63) is 36.1 Å². The normalized spacial score (nSPS) is 19.5.